The molecule has 3 heteroatoms. The molecule has 0 amide bonds. The summed E-state index contributed by atoms with van der Waals surface area (Å²) in [6, 6.07) is 6.23. The molecule has 0 aliphatic carbocycles. The summed E-state index contributed by atoms with van der Waals surface area (Å²) in [6.07, 6.45) is 0. The van der Waals surface area contributed by atoms with Gasteiger partial charge in [0.1, 0.15) is 0 Å². The summed E-state index contributed by atoms with van der Waals surface area (Å²) in [5, 5.41) is 0.868. The summed E-state index contributed by atoms with van der Waals surface area (Å²) in [5.74, 6) is 0. The van der Waals surface area contributed by atoms with E-state index in [2.05, 4.69) is 53.5 Å². The van der Waals surface area contributed by atoms with Gasteiger partial charge >= 0.3 is 0 Å². The highest BCUT2D eigenvalue weighted by Gasteiger charge is 2.34. The molecule has 1 aliphatic rings. The quantitative estimate of drug-likeness (QED) is 0.711. The second-order valence-electron chi connectivity index (χ2n) is 4.62. The molecule has 0 bridgehead atoms. The summed E-state index contributed by atoms with van der Waals surface area (Å²) in [4.78, 5) is 2.33. The van der Waals surface area contributed by atoms with Crippen LogP contribution < -0.4 is 4.90 Å². The van der Waals surface area contributed by atoms with Crippen molar-refractivity contribution < 1.29 is 0 Å². The molecular weight excluding hydrogens is 308 g/mol. The Bertz CT molecular complexity index is 354. The van der Waals surface area contributed by atoms with Crippen molar-refractivity contribution in [1.82, 2.24) is 0 Å². The Kier molecular flexibility index (Phi) is 2.68. The van der Waals surface area contributed by atoms with Crippen molar-refractivity contribution in [2.75, 3.05) is 18.0 Å². The van der Waals surface area contributed by atoms with Crippen LogP contribution in [0.4, 0.5) is 5.69 Å². The van der Waals surface area contributed by atoms with Crippen LogP contribution in [-0.2, 0) is 0 Å². The molecule has 1 nitrogen and oxygen atoms in total. The first kappa shape index (κ1) is 10.6. The van der Waals surface area contributed by atoms with E-state index in [1.54, 1.807) is 0 Å². The van der Waals surface area contributed by atoms with Crippen molar-refractivity contribution in [2.24, 2.45) is 5.41 Å². The van der Waals surface area contributed by atoms with Gasteiger partial charge in [-0.1, -0.05) is 25.4 Å². The molecule has 0 aromatic heterocycles. The highest BCUT2D eigenvalue weighted by Crippen LogP contribution is 2.37. The summed E-state index contributed by atoms with van der Waals surface area (Å²) in [5.41, 5.74) is 1.62. The second kappa shape index (κ2) is 3.56. The first-order chi connectivity index (χ1) is 6.48. The van der Waals surface area contributed by atoms with E-state index < -0.39 is 0 Å². The second-order valence-corrected chi connectivity index (χ2v) is 6.27. The lowest BCUT2D eigenvalue weighted by molar-refractivity contribution is 0.276. The lowest BCUT2D eigenvalue weighted by Gasteiger charge is -2.47. The molecule has 1 heterocycles. The van der Waals surface area contributed by atoms with Crippen LogP contribution >= 0.6 is 34.2 Å². The average Bonchev–Trinajstić information content (AvgIpc) is 2.00. The van der Waals surface area contributed by atoms with Gasteiger partial charge in [-0.25, -0.2) is 0 Å². The molecule has 0 radical (unpaired) electrons. The maximum absolute atomic E-state index is 6.18. The number of halogens is 2. The Morgan fingerprint density at radius 3 is 2.50 bits per heavy atom. The molecule has 2 rings (SSSR count). The van der Waals surface area contributed by atoms with Gasteiger partial charge < -0.3 is 4.90 Å². The van der Waals surface area contributed by atoms with Crippen LogP contribution in [0, 0.1) is 8.99 Å². The van der Waals surface area contributed by atoms with Crippen molar-refractivity contribution in [2.45, 2.75) is 13.8 Å². The molecular formula is C11H13ClIN. The first-order valence-corrected chi connectivity index (χ1v) is 6.14. The minimum atomic E-state index is 0.451. The fourth-order valence-corrected chi connectivity index (χ4v) is 2.87. The summed E-state index contributed by atoms with van der Waals surface area (Å²) < 4.78 is 1.19. The number of anilines is 1. The van der Waals surface area contributed by atoms with Crippen LogP contribution in [0.3, 0.4) is 0 Å². The minimum Gasteiger partial charge on any atom is -0.369 e. The number of nitrogens with zero attached hydrogens (tertiary/aromatic N) is 1. The molecule has 76 valence electrons. The standard InChI is InChI=1S/C11H13ClIN/c1-11(2)6-14(7-11)10-4-3-8(13)5-9(10)12/h3-5H,6-7H2,1-2H3. The van der Waals surface area contributed by atoms with E-state index >= 15 is 0 Å². The minimum absolute atomic E-state index is 0.451. The summed E-state index contributed by atoms with van der Waals surface area (Å²) in [7, 11) is 0. The highest BCUT2D eigenvalue weighted by atomic mass is 127. The van der Waals surface area contributed by atoms with Gasteiger partial charge in [0.25, 0.3) is 0 Å². The zero-order chi connectivity index (χ0) is 10.3. The lowest BCUT2D eigenvalue weighted by Crippen LogP contribution is -2.53. The molecule has 0 N–H and O–H groups in total. The fraction of sp³-hybridized carbons (Fsp3) is 0.455. The average molecular weight is 322 g/mol. The zero-order valence-corrected chi connectivity index (χ0v) is 11.3. The van der Waals surface area contributed by atoms with E-state index in [1.807, 2.05) is 6.07 Å². The van der Waals surface area contributed by atoms with Crippen LogP contribution in [0.2, 0.25) is 5.02 Å². The number of hydrogen-bond acceptors (Lipinski definition) is 1. The number of benzene rings is 1. The Morgan fingerprint density at radius 2 is 2.00 bits per heavy atom. The van der Waals surface area contributed by atoms with Gasteiger partial charge in [-0.15, -0.1) is 0 Å². The van der Waals surface area contributed by atoms with Gasteiger partial charge in [-0.2, -0.15) is 0 Å². The van der Waals surface area contributed by atoms with E-state index in [4.69, 9.17) is 11.6 Å². The van der Waals surface area contributed by atoms with Crippen molar-refractivity contribution in [3.8, 4) is 0 Å². The maximum Gasteiger partial charge on any atom is 0.0650 e. The molecule has 0 saturated carbocycles. The molecule has 0 atom stereocenters. The van der Waals surface area contributed by atoms with Crippen molar-refractivity contribution in [1.29, 1.82) is 0 Å². The molecule has 0 spiro atoms. The van der Waals surface area contributed by atoms with E-state index in [0.717, 1.165) is 18.1 Å². The number of rotatable bonds is 1. The Hall–Kier alpha value is 0.0400. The summed E-state index contributed by atoms with van der Waals surface area (Å²) >= 11 is 8.46. The van der Waals surface area contributed by atoms with Gasteiger partial charge in [0, 0.05) is 16.7 Å². The molecule has 1 saturated heterocycles. The van der Waals surface area contributed by atoms with E-state index in [-0.39, 0.29) is 0 Å². The van der Waals surface area contributed by atoms with Crippen LogP contribution in [0.25, 0.3) is 0 Å². The van der Waals surface area contributed by atoms with Gasteiger partial charge in [-0.05, 0) is 46.2 Å². The number of hydrogen-bond donors (Lipinski definition) is 0. The van der Waals surface area contributed by atoms with E-state index in [1.165, 1.54) is 9.26 Å². The largest absolute Gasteiger partial charge is 0.369 e. The Balaban J connectivity index is 2.19. The van der Waals surface area contributed by atoms with E-state index in [9.17, 15) is 0 Å². The Labute approximate surface area is 104 Å². The van der Waals surface area contributed by atoms with Crippen molar-refractivity contribution in [3.05, 3.63) is 26.8 Å². The maximum atomic E-state index is 6.18. The van der Waals surface area contributed by atoms with Gasteiger partial charge in [0.15, 0.2) is 0 Å². The summed E-state index contributed by atoms with van der Waals surface area (Å²) in [6.45, 7) is 6.77. The smallest absolute Gasteiger partial charge is 0.0650 e. The highest BCUT2D eigenvalue weighted by molar-refractivity contribution is 14.1. The van der Waals surface area contributed by atoms with E-state index in [0.29, 0.717) is 5.41 Å². The van der Waals surface area contributed by atoms with Crippen LogP contribution in [0.15, 0.2) is 18.2 Å². The molecule has 14 heavy (non-hydrogen) atoms. The van der Waals surface area contributed by atoms with Gasteiger partial charge in [0.2, 0.25) is 0 Å². The molecule has 1 fully saturated rings. The lowest BCUT2D eigenvalue weighted by atomic mass is 9.84. The predicted molar refractivity (Wildman–Crippen MR) is 70.2 cm³/mol. The molecule has 1 aromatic rings. The Morgan fingerprint density at radius 1 is 1.36 bits per heavy atom. The molecule has 1 aromatic carbocycles. The van der Waals surface area contributed by atoms with Crippen LogP contribution in [0.5, 0.6) is 0 Å². The zero-order valence-electron chi connectivity index (χ0n) is 8.35. The normalized spacial score (nSPS) is 19.3. The third-order valence-electron chi connectivity index (χ3n) is 2.49. The molecule has 1 aliphatic heterocycles. The molecule has 0 unspecified atom stereocenters. The fourth-order valence-electron chi connectivity index (χ4n) is 1.90. The van der Waals surface area contributed by atoms with Crippen LogP contribution in [-0.4, -0.2) is 13.1 Å². The van der Waals surface area contributed by atoms with Crippen LogP contribution in [0.1, 0.15) is 13.8 Å². The van der Waals surface area contributed by atoms with Gasteiger partial charge in [0.05, 0.1) is 10.7 Å². The predicted octanol–water partition coefficient (Wildman–Crippen LogP) is 3.79. The van der Waals surface area contributed by atoms with Crippen molar-refractivity contribution >= 4 is 39.9 Å². The first-order valence-electron chi connectivity index (χ1n) is 4.68. The third kappa shape index (κ3) is 2.01. The SMILES string of the molecule is CC1(C)CN(c2ccc(I)cc2Cl)C1. The van der Waals surface area contributed by atoms with Crippen molar-refractivity contribution in [3.63, 3.8) is 0 Å². The third-order valence-corrected chi connectivity index (χ3v) is 3.46. The monoisotopic (exact) mass is 321 g/mol. The topological polar surface area (TPSA) is 3.24 Å². The van der Waals surface area contributed by atoms with Gasteiger partial charge in [-0.3, -0.25) is 0 Å².